The van der Waals surface area contributed by atoms with Crippen molar-refractivity contribution in [3.8, 4) is 0 Å². The van der Waals surface area contributed by atoms with Crippen LogP contribution in [0.5, 0.6) is 0 Å². The van der Waals surface area contributed by atoms with Crippen LogP contribution in [-0.2, 0) is 10.7 Å². The third-order valence-electron chi connectivity index (χ3n) is 2.87. The molecule has 0 bridgehead atoms. The van der Waals surface area contributed by atoms with Gasteiger partial charge in [0.2, 0.25) is 5.90 Å². The summed E-state index contributed by atoms with van der Waals surface area (Å²) < 4.78 is 31.7. The average molecular weight is 303 g/mol. The van der Waals surface area contributed by atoms with Crippen LogP contribution in [0.25, 0.3) is 0 Å². The summed E-state index contributed by atoms with van der Waals surface area (Å²) in [6.07, 6.45) is 4.62. The first-order valence-corrected chi connectivity index (χ1v) is 6.54. The highest BCUT2D eigenvalue weighted by atomic mass is 19.3. The van der Waals surface area contributed by atoms with E-state index in [-0.39, 0.29) is 5.56 Å². The van der Waals surface area contributed by atoms with E-state index < -0.39 is 5.92 Å². The lowest BCUT2D eigenvalue weighted by Gasteiger charge is -2.10. The number of pyridine rings is 1. The number of hydrogen-bond donors (Lipinski definition) is 0. The Labute approximate surface area is 127 Å². The second kappa shape index (κ2) is 6.89. The Kier molecular flexibility index (Phi) is 4.93. The molecule has 0 unspecified atom stereocenters. The lowest BCUT2D eigenvalue weighted by Crippen LogP contribution is -2.07. The summed E-state index contributed by atoms with van der Waals surface area (Å²) in [5.41, 5.74) is 1.19. The van der Waals surface area contributed by atoms with Gasteiger partial charge in [0.25, 0.3) is 5.92 Å². The predicted molar refractivity (Wildman–Crippen MR) is 81.4 cm³/mol. The minimum atomic E-state index is -2.89. The largest absolute Gasteiger partial charge is 0.479 e. The van der Waals surface area contributed by atoms with Crippen molar-refractivity contribution in [2.45, 2.75) is 12.8 Å². The van der Waals surface area contributed by atoms with E-state index >= 15 is 0 Å². The summed E-state index contributed by atoms with van der Waals surface area (Å²) in [7, 11) is 1.48. The van der Waals surface area contributed by atoms with Gasteiger partial charge in [-0.05, 0) is 23.8 Å². The van der Waals surface area contributed by atoms with Gasteiger partial charge in [-0.3, -0.25) is 4.98 Å². The van der Waals surface area contributed by atoms with E-state index in [2.05, 4.69) is 15.2 Å². The van der Waals surface area contributed by atoms with Gasteiger partial charge in [-0.15, -0.1) is 5.10 Å². The van der Waals surface area contributed by atoms with Crippen molar-refractivity contribution in [1.82, 2.24) is 4.98 Å². The van der Waals surface area contributed by atoms with E-state index in [1.807, 2.05) is 0 Å². The molecule has 0 N–H and O–H groups in total. The molecule has 0 fully saturated rings. The molecule has 0 saturated carbocycles. The van der Waals surface area contributed by atoms with Crippen LogP contribution in [0.1, 0.15) is 23.6 Å². The molecule has 0 aliphatic carbocycles. The number of hydrogen-bond acceptors (Lipinski definition) is 4. The zero-order valence-electron chi connectivity index (χ0n) is 12.2. The molecular weight excluding hydrogens is 288 g/mol. The fraction of sp³-hybridized carbons (Fsp3) is 0.188. The quantitative estimate of drug-likeness (QED) is 0.492. The van der Waals surface area contributed by atoms with Crippen molar-refractivity contribution < 1.29 is 13.5 Å². The summed E-state index contributed by atoms with van der Waals surface area (Å²) in [5.74, 6) is -2.57. The summed E-state index contributed by atoms with van der Waals surface area (Å²) in [5, 5.41) is 7.83. The van der Waals surface area contributed by atoms with Crippen molar-refractivity contribution in [2.24, 2.45) is 10.2 Å². The third-order valence-corrected chi connectivity index (χ3v) is 2.87. The van der Waals surface area contributed by atoms with Gasteiger partial charge in [0.1, 0.15) is 0 Å². The van der Waals surface area contributed by atoms with Crippen molar-refractivity contribution >= 4 is 12.1 Å². The molecule has 1 aromatic carbocycles. The number of halogens is 2. The third kappa shape index (κ3) is 4.18. The summed E-state index contributed by atoms with van der Waals surface area (Å²) in [4.78, 5) is 3.90. The minimum Gasteiger partial charge on any atom is -0.479 e. The SMILES string of the molecule is CO/C(=N\N=C\c1cccc(C(C)(F)F)c1)c1ccncc1. The first kappa shape index (κ1) is 15.8. The lowest BCUT2D eigenvalue weighted by molar-refractivity contribution is 0.0174. The maximum absolute atomic E-state index is 13.3. The molecule has 0 spiro atoms. The zero-order chi connectivity index (χ0) is 16.0. The molecule has 0 aliphatic heterocycles. The molecule has 2 aromatic rings. The van der Waals surface area contributed by atoms with Gasteiger partial charge in [0.15, 0.2) is 0 Å². The Morgan fingerprint density at radius 3 is 2.59 bits per heavy atom. The monoisotopic (exact) mass is 303 g/mol. The van der Waals surface area contributed by atoms with E-state index in [0.29, 0.717) is 11.5 Å². The topological polar surface area (TPSA) is 46.8 Å². The van der Waals surface area contributed by atoms with Crippen LogP contribution in [0, 0.1) is 0 Å². The molecular formula is C16H15F2N3O. The Bertz CT molecular complexity index is 679. The smallest absolute Gasteiger partial charge is 0.270 e. The lowest BCUT2D eigenvalue weighted by atomic mass is 10.1. The number of rotatable bonds is 4. The molecule has 22 heavy (non-hydrogen) atoms. The Morgan fingerprint density at radius 1 is 1.23 bits per heavy atom. The van der Waals surface area contributed by atoms with Crippen LogP contribution in [0.4, 0.5) is 8.78 Å². The normalized spacial score (nSPS) is 12.6. The molecule has 0 amide bonds. The number of alkyl halides is 2. The number of nitrogens with zero attached hydrogens (tertiary/aromatic N) is 3. The van der Waals surface area contributed by atoms with E-state index in [1.54, 1.807) is 36.7 Å². The van der Waals surface area contributed by atoms with E-state index in [0.717, 1.165) is 12.5 Å². The maximum atomic E-state index is 13.3. The second-order valence-corrected chi connectivity index (χ2v) is 4.60. The molecule has 1 heterocycles. The van der Waals surface area contributed by atoms with Crippen LogP contribution >= 0.6 is 0 Å². The van der Waals surface area contributed by atoms with Crippen LogP contribution in [-0.4, -0.2) is 24.2 Å². The summed E-state index contributed by atoms with van der Waals surface area (Å²) in [6, 6.07) is 9.44. The van der Waals surface area contributed by atoms with Crippen LogP contribution in [0.3, 0.4) is 0 Å². The molecule has 0 saturated heterocycles. The van der Waals surface area contributed by atoms with Gasteiger partial charge in [-0.2, -0.15) is 5.10 Å². The van der Waals surface area contributed by atoms with Gasteiger partial charge in [0.05, 0.1) is 13.3 Å². The Balaban J connectivity index is 2.19. The molecule has 1 aromatic heterocycles. The number of ether oxygens (including phenoxy) is 1. The van der Waals surface area contributed by atoms with Crippen molar-refractivity contribution in [3.63, 3.8) is 0 Å². The molecule has 0 atom stereocenters. The maximum Gasteiger partial charge on any atom is 0.270 e. The van der Waals surface area contributed by atoms with Crippen molar-refractivity contribution in [3.05, 3.63) is 65.5 Å². The van der Waals surface area contributed by atoms with Gasteiger partial charge < -0.3 is 4.74 Å². The van der Waals surface area contributed by atoms with Gasteiger partial charge in [-0.25, -0.2) is 8.78 Å². The van der Waals surface area contributed by atoms with E-state index in [4.69, 9.17) is 4.74 Å². The van der Waals surface area contributed by atoms with Crippen LogP contribution in [0.15, 0.2) is 59.0 Å². The summed E-state index contributed by atoms with van der Waals surface area (Å²) in [6.45, 7) is 0.855. The summed E-state index contributed by atoms with van der Waals surface area (Å²) >= 11 is 0. The van der Waals surface area contributed by atoms with E-state index in [1.165, 1.54) is 25.5 Å². The highest BCUT2D eigenvalue weighted by Gasteiger charge is 2.23. The molecule has 6 heteroatoms. The van der Waals surface area contributed by atoms with Gasteiger partial charge in [0, 0.05) is 30.4 Å². The van der Waals surface area contributed by atoms with Crippen LogP contribution < -0.4 is 0 Å². The Hall–Kier alpha value is -2.63. The molecule has 2 rings (SSSR count). The fourth-order valence-electron chi connectivity index (χ4n) is 1.75. The first-order chi connectivity index (χ1) is 10.5. The van der Waals surface area contributed by atoms with Crippen LogP contribution in [0.2, 0.25) is 0 Å². The number of aromatic nitrogens is 1. The average Bonchev–Trinajstić information content (AvgIpc) is 2.52. The van der Waals surface area contributed by atoms with Crippen molar-refractivity contribution in [1.29, 1.82) is 0 Å². The standard InChI is InChI=1S/C16H15F2N3O/c1-16(17,18)14-5-3-4-12(10-14)11-20-21-15(22-2)13-6-8-19-9-7-13/h3-11H,1-2H3/b20-11+,21-15-. The molecule has 4 nitrogen and oxygen atoms in total. The van der Waals surface area contributed by atoms with Crippen molar-refractivity contribution in [2.75, 3.05) is 7.11 Å². The van der Waals surface area contributed by atoms with Gasteiger partial charge >= 0.3 is 0 Å². The molecule has 0 radical (unpaired) electrons. The predicted octanol–water partition coefficient (Wildman–Crippen LogP) is 3.62. The Morgan fingerprint density at radius 2 is 1.95 bits per heavy atom. The minimum absolute atomic E-state index is 0.0680. The fourth-order valence-corrected chi connectivity index (χ4v) is 1.75. The highest BCUT2D eigenvalue weighted by molar-refractivity contribution is 5.94. The van der Waals surface area contributed by atoms with E-state index in [9.17, 15) is 8.78 Å². The molecule has 0 aliphatic rings. The number of benzene rings is 1. The highest BCUT2D eigenvalue weighted by Crippen LogP contribution is 2.26. The molecule has 114 valence electrons. The zero-order valence-corrected chi connectivity index (χ0v) is 12.2. The first-order valence-electron chi connectivity index (χ1n) is 6.54. The second-order valence-electron chi connectivity index (χ2n) is 4.60. The van der Waals surface area contributed by atoms with Gasteiger partial charge in [-0.1, -0.05) is 18.2 Å². The number of methoxy groups -OCH3 is 1.